The van der Waals surface area contributed by atoms with Gasteiger partial charge in [0.05, 0.1) is 0 Å². The van der Waals surface area contributed by atoms with Crippen molar-refractivity contribution in [3.63, 3.8) is 0 Å². The van der Waals surface area contributed by atoms with Crippen molar-refractivity contribution in [1.29, 1.82) is 0 Å². The monoisotopic (exact) mass is 259 g/mol. The summed E-state index contributed by atoms with van der Waals surface area (Å²) < 4.78 is 0. The van der Waals surface area contributed by atoms with Crippen LogP contribution >= 0.6 is 0 Å². The molecule has 0 spiro atoms. The van der Waals surface area contributed by atoms with Gasteiger partial charge in [0.15, 0.2) is 5.82 Å². The number of tetrazole rings is 1. The summed E-state index contributed by atoms with van der Waals surface area (Å²) in [5.74, 6) is 2.02. The predicted octanol–water partition coefficient (Wildman–Crippen LogP) is 2.43. The summed E-state index contributed by atoms with van der Waals surface area (Å²) in [6, 6.07) is 6.07. The molecule has 0 radical (unpaired) electrons. The number of H-pyrrole nitrogens is 1. The van der Waals surface area contributed by atoms with Crippen LogP contribution in [0.15, 0.2) is 24.4 Å². The van der Waals surface area contributed by atoms with E-state index in [2.05, 4.69) is 45.5 Å². The number of hydrogen-bond acceptors (Lipinski definition) is 4. The van der Waals surface area contributed by atoms with Gasteiger partial charge in [0.1, 0.15) is 0 Å². The van der Waals surface area contributed by atoms with Crippen LogP contribution in [0.1, 0.15) is 38.2 Å². The molecule has 2 unspecified atom stereocenters. The maximum absolute atomic E-state index is 4.42. The zero-order valence-corrected chi connectivity index (χ0v) is 11.6. The zero-order valence-electron chi connectivity index (χ0n) is 11.6. The zero-order chi connectivity index (χ0) is 13.5. The Morgan fingerprint density at radius 2 is 2.16 bits per heavy atom. The van der Waals surface area contributed by atoms with E-state index in [9.17, 15) is 0 Å². The highest BCUT2D eigenvalue weighted by Gasteiger charge is 2.16. The molecule has 0 bridgehead atoms. The Morgan fingerprint density at radius 1 is 1.26 bits per heavy atom. The molecule has 102 valence electrons. The van der Waals surface area contributed by atoms with Crippen LogP contribution in [0.4, 0.5) is 0 Å². The molecule has 2 rings (SSSR count). The normalized spacial score (nSPS) is 14.2. The highest BCUT2D eigenvalue weighted by molar-refractivity contribution is 5.05. The maximum Gasteiger partial charge on any atom is 0.174 e. The van der Waals surface area contributed by atoms with Crippen molar-refractivity contribution in [3.8, 4) is 0 Å². The standard InChI is InChI=1S/C14H21N5/c1-3-11(2)8-12(10-14-16-18-19-17-14)9-13-6-4-5-7-15-13/h4-7,11-12H,3,8-10H2,1-2H3,(H,16,17,18,19). The molecule has 0 aromatic carbocycles. The van der Waals surface area contributed by atoms with Gasteiger partial charge in [-0.05, 0) is 36.8 Å². The fraction of sp³-hybridized carbons (Fsp3) is 0.571. The molecule has 0 amide bonds. The van der Waals surface area contributed by atoms with E-state index < -0.39 is 0 Å². The first-order valence-electron chi connectivity index (χ1n) is 6.90. The van der Waals surface area contributed by atoms with Crippen LogP contribution in [0.2, 0.25) is 0 Å². The number of hydrogen-bond donors (Lipinski definition) is 1. The molecule has 0 saturated heterocycles. The molecule has 0 saturated carbocycles. The molecule has 1 N–H and O–H groups in total. The first-order valence-corrected chi connectivity index (χ1v) is 6.90. The minimum Gasteiger partial charge on any atom is -0.261 e. The molecule has 2 aromatic rings. The Hall–Kier alpha value is -1.78. The lowest BCUT2D eigenvalue weighted by Gasteiger charge is -2.18. The van der Waals surface area contributed by atoms with E-state index in [1.54, 1.807) is 0 Å². The number of rotatable bonds is 7. The largest absolute Gasteiger partial charge is 0.261 e. The number of pyridine rings is 1. The first kappa shape index (κ1) is 13.6. The van der Waals surface area contributed by atoms with E-state index in [-0.39, 0.29) is 0 Å². The molecule has 5 nitrogen and oxygen atoms in total. The topological polar surface area (TPSA) is 67.3 Å². The SMILES string of the molecule is CCC(C)CC(Cc1ccccn1)Cc1nn[nH]n1. The van der Waals surface area contributed by atoms with E-state index in [0.29, 0.717) is 11.8 Å². The predicted molar refractivity (Wildman–Crippen MR) is 73.4 cm³/mol. The summed E-state index contributed by atoms with van der Waals surface area (Å²) in [6.45, 7) is 4.53. The van der Waals surface area contributed by atoms with Crippen molar-refractivity contribution in [2.45, 2.75) is 39.5 Å². The van der Waals surface area contributed by atoms with Gasteiger partial charge in [0.25, 0.3) is 0 Å². The van der Waals surface area contributed by atoms with E-state index in [4.69, 9.17) is 0 Å². The second-order valence-corrected chi connectivity index (χ2v) is 5.17. The smallest absolute Gasteiger partial charge is 0.174 e. The average Bonchev–Trinajstić information content (AvgIpc) is 2.92. The highest BCUT2D eigenvalue weighted by Crippen LogP contribution is 2.21. The summed E-state index contributed by atoms with van der Waals surface area (Å²) in [7, 11) is 0. The van der Waals surface area contributed by atoms with E-state index in [1.165, 1.54) is 12.8 Å². The molecule has 2 aromatic heterocycles. The van der Waals surface area contributed by atoms with Gasteiger partial charge in [-0.2, -0.15) is 5.21 Å². The maximum atomic E-state index is 4.42. The van der Waals surface area contributed by atoms with Crippen LogP contribution in [-0.2, 0) is 12.8 Å². The Kier molecular flexibility index (Phi) is 5.01. The lowest BCUT2D eigenvalue weighted by Crippen LogP contribution is -2.14. The fourth-order valence-corrected chi connectivity index (χ4v) is 2.32. The van der Waals surface area contributed by atoms with Crippen LogP contribution in [-0.4, -0.2) is 25.6 Å². The summed E-state index contributed by atoms with van der Waals surface area (Å²) in [6.07, 6.45) is 6.05. The Bertz CT molecular complexity index is 454. The lowest BCUT2D eigenvalue weighted by atomic mass is 9.88. The van der Waals surface area contributed by atoms with Gasteiger partial charge in [-0.3, -0.25) is 4.98 Å². The second-order valence-electron chi connectivity index (χ2n) is 5.17. The molecule has 2 heterocycles. The molecule has 0 aliphatic heterocycles. The van der Waals surface area contributed by atoms with Crippen molar-refractivity contribution in [3.05, 3.63) is 35.9 Å². The number of aromatic nitrogens is 5. The summed E-state index contributed by atoms with van der Waals surface area (Å²) in [4.78, 5) is 4.42. The van der Waals surface area contributed by atoms with Crippen LogP contribution in [0.3, 0.4) is 0 Å². The summed E-state index contributed by atoms with van der Waals surface area (Å²) in [5.41, 5.74) is 1.14. The number of aromatic amines is 1. The average molecular weight is 259 g/mol. The van der Waals surface area contributed by atoms with E-state index in [1.807, 2.05) is 18.3 Å². The number of nitrogens with zero attached hydrogens (tertiary/aromatic N) is 4. The van der Waals surface area contributed by atoms with Crippen molar-refractivity contribution in [2.24, 2.45) is 11.8 Å². The molecule has 0 fully saturated rings. The van der Waals surface area contributed by atoms with Gasteiger partial charge in [0.2, 0.25) is 0 Å². The van der Waals surface area contributed by atoms with Crippen molar-refractivity contribution in [1.82, 2.24) is 25.6 Å². The third kappa shape index (κ3) is 4.43. The lowest BCUT2D eigenvalue weighted by molar-refractivity contribution is 0.370. The van der Waals surface area contributed by atoms with E-state index >= 15 is 0 Å². The molecule has 0 aliphatic rings. The van der Waals surface area contributed by atoms with Crippen LogP contribution in [0.25, 0.3) is 0 Å². The Balaban J connectivity index is 2.01. The van der Waals surface area contributed by atoms with Gasteiger partial charge in [0, 0.05) is 18.3 Å². The van der Waals surface area contributed by atoms with Crippen molar-refractivity contribution in [2.75, 3.05) is 0 Å². The Labute approximate surface area is 113 Å². The quantitative estimate of drug-likeness (QED) is 0.829. The van der Waals surface area contributed by atoms with Crippen LogP contribution < -0.4 is 0 Å². The molecular weight excluding hydrogens is 238 g/mol. The fourth-order valence-electron chi connectivity index (χ4n) is 2.32. The summed E-state index contributed by atoms with van der Waals surface area (Å²) >= 11 is 0. The van der Waals surface area contributed by atoms with Crippen LogP contribution in [0.5, 0.6) is 0 Å². The third-order valence-electron chi connectivity index (χ3n) is 3.52. The summed E-state index contributed by atoms with van der Waals surface area (Å²) in [5, 5.41) is 14.3. The van der Waals surface area contributed by atoms with Gasteiger partial charge in [-0.15, -0.1) is 10.2 Å². The van der Waals surface area contributed by atoms with E-state index in [0.717, 1.165) is 24.4 Å². The molecule has 2 atom stereocenters. The Morgan fingerprint density at radius 3 is 2.79 bits per heavy atom. The van der Waals surface area contributed by atoms with Gasteiger partial charge in [-0.25, -0.2) is 0 Å². The second kappa shape index (κ2) is 6.97. The first-order chi connectivity index (χ1) is 9.28. The van der Waals surface area contributed by atoms with Crippen molar-refractivity contribution >= 4 is 0 Å². The molecule has 19 heavy (non-hydrogen) atoms. The molecule has 5 heteroatoms. The van der Waals surface area contributed by atoms with Gasteiger partial charge in [-0.1, -0.05) is 31.5 Å². The van der Waals surface area contributed by atoms with Crippen molar-refractivity contribution < 1.29 is 0 Å². The van der Waals surface area contributed by atoms with Crippen LogP contribution in [0, 0.1) is 11.8 Å². The minimum absolute atomic E-state index is 0.516. The van der Waals surface area contributed by atoms with Gasteiger partial charge >= 0.3 is 0 Å². The third-order valence-corrected chi connectivity index (χ3v) is 3.52. The molecular formula is C14H21N5. The molecule has 0 aliphatic carbocycles. The van der Waals surface area contributed by atoms with Gasteiger partial charge < -0.3 is 0 Å². The highest BCUT2D eigenvalue weighted by atomic mass is 15.5. The minimum atomic E-state index is 0.516. The number of nitrogens with one attached hydrogen (secondary N) is 1.